The summed E-state index contributed by atoms with van der Waals surface area (Å²) in [6.07, 6.45) is 0. The van der Waals surface area contributed by atoms with Gasteiger partial charge >= 0.3 is 11.9 Å². The van der Waals surface area contributed by atoms with Crippen molar-refractivity contribution in [1.82, 2.24) is 0 Å². The van der Waals surface area contributed by atoms with Gasteiger partial charge in [0.1, 0.15) is 5.75 Å². The quantitative estimate of drug-likeness (QED) is 0.398. The summed E-state index contributed by atoms with van der Waals surface area (Å²) in [5.74, 6) is -1.59. The molecule has 0 aliphatic heterocycles. The Labute approximate surface area is 214 Å². The van der Waals surface area contributed by atoms with Crippen LogP contribution in [-0.2, 0) is 24.3 Å². The van der Waals surface area contributed by atoms with Gasteiger partial charge in [-0.3, -0.25) is 9.10 Å². The molecule has 37 heavy (non-hydrogen) atoms. The number of carbonyl (C=O) groups excluding carboxylic acids is 3. The Hall–Kier alpha value is -4.38. The van der Waals surface area contributed by atoms with E-state index < -0.39 is 27.9 Å². The molecule has 0 heterocycles. The molecule has 0 aliphatic carbocycles. The van der Waals surface area contributed by atoms with Gasteiger partial charge in [0.05, 0.1) is 35.9 Å². The van der Waals surface area contributed by atoms with Crippen molar-refractivity contribution in [3.05, 3.63) is 83.9 Å². The minimum Gasteiger partial charge on any atom is -0.484 e. The average molecular weight is 527 g/mol. The standard InChI is InChI=1S/C26H26N2O8S/c1-4-28(37(32,33)23-8-6-5-7-9-23)21-10-12-22(13-11-21)36-17-24(29)27-20-15-18(25(30)34-2)14-19(16-20)26(31)35-3/h5-16H,4,17H2,1-3H3,(H,27,29). The minimum absolute atomic E-state index is 0.0585. The highest BCUT2D eigenvalue weighted by Gasteiger charge is 2.23. The first-order valence-corrected chi connectivity index (χ1v) is 12.6. The van der Waals surface area contributed by atoms with Crippen LogP contribution in [0.5, 0.6) is 5.75 Å². The lowest BCUT2D eigenvalue weighted by Crippen LogP contribution is -2.30. The normalized spacial score (nSPS) is 10.8. The van der Waals surface area contributed by atoms with Crippen LogP contribution in [0.1, 0.15) is 27.6 Å². The van der Waals surface area contributed by atoms with Crippen molar-refractivity contribution in [2.24, 2.45) is 0 Å². The third kappa shape index (κ3) is 6.64. The van der Waals surface area contributed by atoms with E-state index in [9.17, 15) is 22.8 Å². The first-order valence-electron chi connectivity index (χ1n) is 11.1. The molecule has 0 radical (unpaired) electrons. The van der Waals surface area contributed by atoms with Crippen LogP contribution in [0.3, 0.4) is 0 Å². The van der Waals surface area contributed by atoms with Crippen LogP contribution in [0.2, 0.25) is 0 Å². The zero-order chi connectivity index (χ0) is 27.0. The number of hydrogen-bond acceptors (Lipinski definition) is 8. The molecule has 1 N–H and O–H groups in total. The topological polar surface area (TPSA) is 128 Å². The van der Waals surface area contributed by atoms with Crippen LogP contribution in [0, 0.1) is 0 Å². The maximum Gasteiger partial charge on any atom is 0.337 e. The van der Waals surface area contributed by atoms with Gasteiger partial charge in [0.15, 0.2) is 6.61 Å². The van der Waals surface area contributed by atoms with Gasteiger partial charge in [-0.15, -0.1) is 0 Å². The lowest BCUT2D eigenvalue weighted by molar-refractivity contribution is -0.118. The summed E-state index contributed by atoms with van der Waals surface area (Å²) in [6.45, 7) is 1.57. The van der Waals surface area contributed by atoms with Crippen molar-refractivity contribution in [3.8, 4) is 5.75 Å². The lowest BCUT2D eigenvalue weighted by atomic mass is 10.1. The number of benzene rings is 3. The number of ether oxygens (including phenoxy) is 3. The zero-order valence-corrected chi connectivity index (χ0v) is 21.3. The summed E-state index contributed by atoms with van der Waals surface area (Å²) in [6, 6.07) is 18.4. The molecule has 194 valence electrons. The van der Waals surface area contributed by atoms with E-state index in [1.807, 2.05) is 0 Å². The fourth-order valence-electron chi connectivity index (χ4n) is 3.44. The van der Waals surface area contributed by atoms with Gasteiger partial charge in [-0.2, -0.15) is 0 Å². The molecule has 0 saturated carbocycles. The number of carbonyl (C=O) groups is 3. The SMILES string of the molecule is CCN(c1ccc(OCC(=O)Nc2cc(C(=O)OC)cc(C(=O)OC)c2)cc1)S(=O)(=O)c1ccccc1. The first-order chi connectivity index (χ1) is 17.7. The number of nitrogens with zero attached hydrogens (tertiary/aromatic N) is 1. The molecule has 11 heteroatoms. The molecule has 3 aromatic carbocycles. The number of hydrogen-bond donors (Lipinski definition) is 1. The van der Waals surface area contributed by atoms with Gasteiger partial charge in [-0.25, -0.2) is 18.0 Å². The van der Waals surface area contributed by atoms with Crippen LogP contribution in [0.15, 0.2) is 77.7 Å². The second-order valence-corrected chi connectivity index (χ2v) is 9.46. The highest BCUT2D eigenvalue weighted by atomic mass is 32.2. The Morgan fingerprint density at radius 2 is 1.41 bits per heavy atom. The van der Waals surface area contributed by atoms with Gasteiger partial charge < -0.3 is 19.5 Å². The van der Waals surface area contributed by atoms with Crippen molar-refractivity contribution in [2.45, 2.75) is 11.8 Å². The van der Waals surface area contributed by atoms with E-state index in [1.54, 1.807) is 49.4 Å². The fraction of sp³-hybridized carbons (Fsp3) is 0.192. The van der Waals surface area contributed by atoms with Crippen molar-refractivity contribution in [2.75, 3.05) is 37.0 Å². The van der Waals surface area contributed by atoms with Gasteiger partial charge in [0, 0.05) is 12.2 Å². The Bertz CT molecular complexity index is 1340. The van der Waals surface area contributed by atoms with E-state index in [4.69, 9.17) is 4.74 Å². The Morgan fingerprint density at radius 3 is 1.92 bits per heavy atom. The molecule has 0 aromatic heterocycles. The predicted octanol–water partition coefficient (Wildman–Crippen LogP) is 3.49. The van der Waals surface area contributed by atoms with Crippen LogP contribution >= 0.6 is 0 Å². The van der Waals surface area contributed by atoms with Crippen LogP contribution < -0.4 is 14.4 Å². The molecule has 1 amide bonds. The average Bonchev–Trinajstić information content (AvgIpc) is 2.92. The van der Waals surface area contributed by atoms with E-state index in [0.717, 1.165) is 0 Å². The van der Waals surface area contributed by atoms with Gasteiger partial charge in [0.2, 0.25) is 0 Å². The van der Waals surface area contributed by atoms with Crippen LogP contribution in [0.25, 0.3) is 0 Å². The van der Waals surface area contributed by atoms with Crippen molar-refractivity contribution in [1.29, 1.82) is 0 Å². The molecular weight excluding hydrogens is 500 g/mol. The van der Waals surface area contributed by atoms with E-state index in [1.165, 1.54) is 48.9 Å². The Morgan fingerprint density at radius 1 is 0.838 bits per heavy atom. The molecule has 0 saturated heterocycles. The lowest BCUT2D eigenvalue weighted by Gasteiger charge is -2.23. The highest BCUT2D eigenvalue weighted by Crippen LogP contribution is 2.25. The number of sulfonamides is 1. The van der Waals surface area contributed by atoms with E-state index >= 15 is 0 Å². The maximum absolute atomic E-state index is 13.0. The number of rotatable bonds is 10. The predicted molar refractivity (Wildman–Crippen MR) is 136 cm³/mol. The van der Waals surface area contributed by atoms with Crippen molar-refractivity contribution in [3.63, 3.8) is 0 Å². The maximum atomic E-state index is 13.0. The van der Waals surface area contributed by atoms with E-state index in [0.29, 0.717) is 11.4 Å². The molecule has 0 spiro atoms. The molecule has 0 aliphatic rings. The molecule has 3 rings (SSSR count). The van der Waals surface area contributed by atoms with Crippen molar-refractivity contribution < 1.29 is 37.0 Å². The number of methoxy groups -OCH3 is 2. The van der Waals surface area contributed by atoms with Gasteiger partial charge in [-0.1, -0.05) is 18.2 Å². The number of amides is 1. The summed E-state index contributed by atoms with van der Waals surface area (Å²) in [4.78, 5) is 36.4. The molecule has 0 fully saturated rings. The van der Waals surface area contributed by atoms with Crippen molar-refractivity contribution >= 4 is 39.2 Å². The molecule has 3 aromatic rings. The van der Waals surface area contributed by atoms with Crippen LogP contribution in [-0.4, -0.2) is 53.6 Å². The molecule has 0 atom stereocenters. The first kappa shape index (κ1) is 27.2. The Kier molecular flexibility index (Phi) is 8.86. The summed E-state index contributed by atoms with van der Waals surface area (Å²) in [5.41, 5.74) is 0.737. The molecule has 0 unspecified atom stereocenters. The number of anilines is 2. The second-order valence-electron chi connectivity index (χ2n) is 7.60. The van der Waals surface area contributed by atoms with Gasteiger partial charge in [-0.05, 0) is 61.5 Å². The third-order valence-electron chi connectivity index (χ3n) is 5.17. The monoisotopic (exact) mass is 526 g/mol. The number of nitrogens with one attached hydrogen (secondary N) is 1. The van der Waals surface area contributed by atoms with Gasteiger partial charge in [0.25, 0.3) is 15.9 Å². The summed E-state index contributed by atoms with van der Waals surface area (Å²) < 4.78 is 42.1. The zero-order valence-electron chi connectivity index (χ0n) is 20.5. The number of esters is 2. The summed E-state index contributed by atoms with van der Waals surface area (Å²) >= 11 is 0. The van der Waals surface area contributed by atoms with Crippen LogP contribution in [0.4, 0.5) is 11.4 Å². The highest BCUT2D eigenvalue weighted by molar-refractivity contribution is 7.92. The molecule has 10 nitrogen and oxygen atoms in total. The second kappa shape index (κ2) is 12.0. The minimum atomic E-state index is -3.74. The Balaban J connectivity index is 1.68. The fourth-order valence-corrected chi connectivity index (χ4v) is 4.93. The van der Waals surface area contributed by atoms with E-state index in [2.05, 4.69) is 14.8 Å². The smallest absolute Gasteiger partial charge is 0.337 e. The van der Waals surface area contributed by atoms with E-state index in [-0.39, 0.29) is 34.9 Å². The summed E-state index contributed by atoms with van der Waals surface area (Å²) in [5, 5.41) is 2.56. The largest absolute Gasteiger partial charge is 0.484 e. The third-order valence-corrected chi connectivity index (χ3v) is 7.09. The molecule has 0 bridgehead atoms. The summed E-state index contributed by atoms with van der Waals surface area (Å²) in [7, 11) is -1.35. The molecular formula is C26H26N2O8S.